The summed E-state index contributed by atoms with van der Waals surface area (Å²) in [4.78, 5) is 2.71. The van der Waals surface area contributed by atoms with Crippen molar-refractivity contribution in [3.05, 3.63) is 12.2 Å². The van der Waals surface area contributed by atoms with E-state index < -0.39 is 0 Å². The van der Waals surface area contributed by atoms with E-state index >= 15 is 0 Å². The predicted molar refractivity (Wildman–Crippen MR) is 69.8 cm³/mol. The minimum Gasteiger partial charge on any atom is -0.312 e. The van der Waals surface area contributed by atoms with E-state index in [4.69, 9.17) is 0 Å². The van der Waals surface area contributed by atoms with Crippen LogP contribution in [-0.4, -0.2) is 36.6 Å². The van der Waals surface area contributed by atoms with Crippen LogP contribution in [0.3, 0.4) is 0 Å². The molecule has 2 nitrogen and oxygen atoms in total. The quantitative estimate of drug-likeness (QED) is 0.746. The highest BCUT2D eigenvalue weighted by molar-refractivity contribution is 5.10. The summed E-state index contributed by atoms with van der Waals surface area (Å²) in [5.74, 6) is 2.78. The Morgan fingerprint density at radius 1 is 1.12 bits per heavy atom. The van der Waals surface area contributed by atoms with Gasteiger partial charge in [0.1, 0.15) is 0 Å². The molecular formula is C15H24N2. The molecular weight excluding hydrogens is 208 g/mol. The van der Waals surface area contributed by atoms with Crippen LogP contribution in [0.25, 0.3) is 0 Å². The Labute approximate surface area is 104 Å². The van der Waals surface area contributed by atoms with Crippen LogP contribution in [-0.2, 0) is 0 Å². The van der Waals surface area contributed by atoms with Crippen molar-refractivity contribution in [3.8, 4) is 0 Å². The monoisotopic (exact) mass is 232 g/mol. The molecule has 0 amide bonds. The molecule has 94 valence electrons. The fourth-order valence-electron chi connectivity index (χ4n) is 4.17. The van der Waals surface area contributed by atoms with Gasteiger partial charge in [0.2, 0.25) is 0 Å². The number of nitrogens with zero attached hydrogens (tertiary/aromatic N) is 1. The van der Waals surface area contributed by atoms with Gasteiger partial charge in [-0.15, -0.1) is 0 Å². The van der Waals surface area contributed by atoms with E-state index in [0.29, 0.717) is 0 Å². The van der Waals surface area contributed by atoms with Crippen molar-refractivity contribution < 1.29 is 0 Å². The number of fused-ring (bicyclic) bond motifs is 2. The van der Waals surface area contributed by atoms with Gasteiger partial charge in [0.15, 0.2) is 0 Å². The minimum atomic E-state index is 0.790. The molecule has 1 aliphatic heterocycles. The van der Waals surface area contributed by atoms with Gasteiger partial charge >= 0.3 is 0 Å². The number of hydrogen-bond donors (Lipinski definition) is 1. The lowest BCUT2D eigenvalue weighted by molar-refractivity contribution is 0.311. The van der Waals surface area contributed by atoms with Gasteiger partial charge in [-0.25, -0.2) is 0 Å². The van der Waals surface area contributed by atoms with Crippen molar-refractivity contribution in [3.63, 3.8) is 0 Å². The third-order valence-corrected chi connectivity index (χ3v) is 5.37. The van der Waals surface area contributed by atoms with Gasteiger partial charge in [0.25, 0.3) is 0 Å². The zero-order valence-corrected chi connectivity index (χ0v) is 10.6. The second kappa shape index (κ2) is 4.10. The Kier molecular flexibility index (Phi) is 2.55. The topological polar surface area (TPSA) is 15.3 Å². The summed E-state index contributed by atoms with van der Waals surface area (Å²) >= 11 is 0. The Balaban J connectivity index is 1.24. The van der Waals surface area contributed by atoms with E-state index in [1.807, 2.05) is 0 Å². The summed E-state index contributed by atoms with van der Waals surface area (Å²) in [5.41, 5.74) is 0. The Bertz CT molecular complexity index is 321. The van der Waals surface area contributed by atoms with E-state index in [-0.39, 0.29) is 0 Å². The maximum atomic E-state index is 3.85. The predicted octanol–water partition coefficient (Wildman–Crippen LogP) is 2.02. The SMILES string of the molecule is C1=CC2CC1CC2CNC1CCN(C2CC2)C1. The Morgan fingerprint density at radius 3 is 2.76 bits per heavy atom. The molecule has 1 heterocycles. The average Bonchev–Trinajstić information content (AvgIpc) is 2.80. The molecule has 17 heavy (non-hydrogen) atoms. The first-order valence-corrected chi connectivity index (χ1v) is 7.54. The molecule has 0 aromatic rings. The van der Waals surface area contributed by atoms with E-state index in [1.165, 1.54) is 51.7 Å². The summed E-state index contributed by atoms with van der Waals surface area (Å²) in [5, 5.41) is 3.85. The van der Waals surface area contributed by atoms with Crippen LogP contribution in [0.2, 0.25) is 0 Å². The zero-order valence-electron chi connectivity index (χ0n) is 10.6. The van der Waals surface area contributed by atoms with Gasteiger partial charge in [-0.05, 0) is 56.4 Å². The first-order valence-electron chi connectivity index (χ1n) is 7.54. The van der Waals surface area contributed by atoms with Gasteiger partial charge in [0.05, 0.1) is 0 Å². The molecule has 3 aliphatic carbocycles. The molecule has 2 bridgehead atoms. The van der Waals surface area contributed by atoms with Crippen LogP contribution < -0.4 is 5.32 Å². The van der Waals surface area contributed by atoms with Gasteiger partial charge in [-0.2, -0.15) is 0 Å². The number of rotatable bonds is 4. The summed E-state index contributed by atoms with van der Waals surface area (Å²) in [6.45, 7) is 3.94. The lowest BCUT2D eigenvalue weighted by atomic mass is 9.93. The van der Waals surface area contributed by atoms with E-state index in [2.05, 4.69) is 22.4 Å². The lowest BCUT2D eigenvalue weighted by Gasteiger charge is -2.22. The van der Waals surface area contributed by atoms with Crippen LogP contribution in [0.15, 0.2) is 12.2 Å². The van der Waals surface area contributed by atoms with Gasteiger partial charge in [-0.1, -0.05) is 12.2 Å². The fourth-order valence-corrected chi connectivity index (χ4v) is 4.17. The third kappa shape index (κ3) is 2.06. The van der Waals surface area contributed by atoms with Crippen molar-refractivity contribution in [1.82, 2.24) is 10.2 Å². The maximum absolute atomic E-state index is 3.85. The van der Waals surface area contributed by atoms with Gasteiger partial charge in [0, 0.05) is 25.2 Å². The fraction of sp³-hybridized carbons (Fsp3) is 0.867. The zero-order chi connectivity index (χ0) is 11.2. The second-order valence-electron chi connectivity index (χ2n) is 6.66. The highest BCUT2D eigenvalue weighted by Gasteiger charge is 2.37. The van der Waals surface area contributed by atoms with Crippen molar-refractivity contribution >= 4 is 0 Å². The standard InChI is InChI=1S/C15H24N2/c1-2-12-7-11(1)8-13(12)9-16-14-5-6-17(10-14)15-3-4-15/h1-2,11-16H,3-10H2. The normalized spacial score (nSPS) is 44.9. The molecule has 0 radical (unpaired) electrons. The summed E-state index contributed by atoms with van der Waals surface area (Å²) in [6, 6.07) is 1.76. The molecule has 4 unspecified atom stereocenters. The number of nitrogens with one attached hydrogen (secondary N) is 1. The van der Waals surface area contributed by atoms with Crippen LogP contribution in [0.1, 0.15) is 32.1 Å². The van der Waals surface area contributed by atoms with Crippen LogP contribution in [0.4, 0.5) is 0 Å². The highest BCUT2D eigenvalue weighted by Crippen LogP contribution is 2.43. The Hall–Kier alpha value is -0.340. The molecule has 4 rings (SSSR count). The largest absolute Gasteiger partial charge is 0.312 e. The molecule has 4 atom stereocenters. The average molecular weight is 232 g/mol. The smallest absolute Gasteiger partial charge is 0.0207 e. The van der Waals surface area contributed by atoms with Crippen LogP contribution >= 0.6 is 0 Å². The summed E-state index contributed by atoms with van der Waals surface area (Å²) in [6.07, 6.45) is 12.1. The van der Waals surface area contributed by atoms with Crippen LogP contribution in [0, 0.1) is 17.8 Å². The van der Waals surface area contributed by atoms with E-state index in [1.54, 1.807) is 0 Å². The van der Waals surface area contributed by atoms with E-state index in [0.717, 1.165) is 29.8 Å². The third-order valence-electron chi connectivity index (χ3n) is 5.37. The lowest BCUT2D eigenvalue weighted by Crippen LogP contribution is -2.37. The first-order chi connectivity index (χ1) is 8.38. The Morgan fingerprint density at radius 2 is 2.06 bits per heavy atom. The number of hydrogen-bond acceptors (Lipinski definition) is 2. The van der Waals surface area contributed by atoms with Crippen molar-refractivity contribution in [2.45, 2.75) is 44.2 Å². The van der Waals surface area contributed by atoms with Crippen LogP contribution in [0.5, 0.6) is 0 Å². The molecule has 1 N–H and O–H groups in total. The maximum Gasteiger partial charge on any atom is 0.0207 e. The second-order valence-corrected chi connectivity index (χ2v) is 6.66. The minimum absolute atomic E-state index is 0.790. The molecule has 2 heteroatoms. The van der Waals surface area contributed by atoms with Gasteiger partial charge in [-0.3, -0.25) is 4.90 Å². The molecule has 0 aromatic carbocycles. The molecule has 1 saturated heterocycles. The van der Waals surface area contributed by atoms with Crippen molar-refractivity contribution in [1.29, 1.82) is 0 Å². The molecule has 2 saturated carbocycles. The summed E-state index contributed by atoms with van der Waals surface area (Å²) < 4.78 is 0. The molecule has 3 fully saturated rings. The number of allylic oxidation sites excluding steroid dienone is 2. The van der Waals surface area contributed by atoms with Crippen molar-refractivity contribution in [2.24, 2.45) is 17.8 Å². The highest BCUT2D eigenvalue weighted by atomic mass is 15.2. The van der Waals surface area contributed by atoms with E-state index in [9.17, 15) is 0 Å². The molecule has 0 aromatic heterocycles. The molecule has 0 spiro atoms. The first kappa shape index (κ1) is 10.6. The number of likely N-dealkylation sites (tertiary alicyclic amines) is 1. The summed E-state index contributed by atoms with van der Waals surface area (Å²) in [7, 11) is 0. The van der Waals surface area contributed by atoms with Crippen molar-refractivity contribution in [2.75, 3.05) is 19.6 Å². The molecule has 4 aliphatic rings. The van der Waals surface area contributed by atoms with Gasteiger partial charge < -0.3 is 5.32 Å².